The first-order chi connectivity index (χ1) is 23.9. The molecule has 0 bridgehead atoms. The third kappa shape index (κ3) is 5.25. The van der Waals surface area contributed by atoms with Crippen molar-refractivity contribution in [1.82, 2.24) is 4.90 Å². The molecule has 6 atom stereocenters. The average molecular weight is 824 g/mol. The maximum atomic E-state index is 15.2. The van der Waals surface area contributed by atoms with Crippen molar-refractivity contribution in [3.63, 3.8) is 0 Å². The number of imide groups is 2. The van der Waals surface area contributed by atoms with E-state index in [9.17, 15) is 42.3 Å². The smallest absolute Gasteiger partial charge is 0.303 e. The van der Waals surface area contributed by atoms with E-state index in [1.54, 1.807) is 6.08 Å². The highest BCUT2D eigenvalue weighted by atomic mass is 79.9. The first kappa shape index (κ1) is 37.0. The van der Waals surface area contributed by atoms with Gasteiger partial charge in [-0.1, -0.05) is 18.1 Å². The van der Waals surface area contributed by atoms with Crippen LogP contribution in [0.4, 0.5) is 27.6 Å². The molecule has 2 aliphatic carbocycles. The van der Waals surface area contributed by atoms with Crippen LogP contribution in [0.2, 0.25) is 0 Å². The highest BCUT2D eigenvalue weighted by Crippen LogP contribution is 2.66. The molecule has 2 aliphatic heterocycles. The van der Waals surface area contributed by atoms with Crippen molar-refractivity contribution in [2.45, 2.75) is 54.2 Å². The summed E-state index contributed by atoms with van der Waals surface area (Å²) in [5.41, 5.74) is -1.62. The number of aromatic hydroxyl groups is 1. The van der Waals surface area contributed by atoms with Gasteiger partial charge in [-0.2, -0.15) is 0 Å². The molecule has 18 heteroatoms. The van der Waals surface area contributed by atoms with Gasteiger partial charge in [-0.3, -0.25) is 28.9 Å². The number of hydrogen-bond donors (Lipinski definition) is 2. The Hall–Kier alpha value is -3.76. The van der Waals surface area contributed by atoms with Crippen LogP contribution in [0.1, 0.15) is 50.0 Å². The molecule has 6 rings (SSSR count). The van der Waals surface area contributed by atoms with Crippen molar-refractivity contribution in [2.75, 3.05) is 18.6 Å². The van der Waals surface area contributed by atoms with Crippen LogP contribution in [0, 0.1) is 46.8 Å². The fraction of sp³-hybridized carbons (Fsp3) is 0.424. The summed E-state index contributed by atoms with van der Waals surface area (Å²) in [5.74, 6) is -23.2. The molecule has 0 radical (unpaired) electrons. The summed E-state index contributed by atoms with van der Waals surface area (Å²) in [6, 6.07) is 2.54. The standard InChI is InChI=1S/C33H26BrCl2F5N2O8/c1-51-17-10-12(9-16(34)27(17)46)20-13-6-7-14-19(29(48)42(28(14)47)8-4-2-3-5-18(44)45)15(13)11-32(35)30(49)43(31(50)33(20,32)36)26-24(40)22(38)21(37)23(39)25(26)41/h6,9-10,14-15,19-20,46H,2-5,7-8,11H2,1H3,(H,44,45). The second kappa shape index (κ2) is 13.0. The number of halogens is 8. The number of phenolic OH excluding ortho intramolecular Hbond substituents is 1. The van der Waals surface area contributed by atoms with E-state index in [1.807, 2.05) is 0 Å². The van der Waals surface area contributed by atoms with Crippen LogP contribution in [0.25, 0.3) is 0 Å². The summed E-state index contributed by atoms with van der Waals surface area (Å²) < 4.78 is 78.6. The maximum absolute atomic E-state index is 15.2. The predicted molar refractivity (Wildman–Crippen MR) is 172 cm³/mol. The van der Waals surface area contributed by atoms with Crippen LogP contribution in [0.3, 0.4) is 0 Å². The summed E-state index contributed by atoms with van der Waals surface area (Å²) >= 11 is 17.4. The minimum Gasteiger partial charge on any atom is -0.503 e. The molecule has 4 aliphatic rings. The third-order valence-corrected chi connectivity index (χ3v) is 12.2. The first-order valence-electron chi connectivity index (χ1n) is 15.6. The number of alkyl halides is 2. The molecule has 0 aromatic heterocycles. The predicted octanol–water partition coefficient (Wildman–Crippen LogP) is 6.07. The molecular weight excluding hydrogens is 798 g/mol. The van der Waals surface area contributed by atoms with E-state index in [-0.39, 0.29) is 51.4 Å². The van der Waals surface area contributed by atoms with E-state index in [4.69, 9.17) is 33.0 Å². The van der Waals surface area contributed by atoms with Gasteiger partial charge in [-0.15, -0.1) is 23.2 Å². The van der Waals surface area contributed by atoms with Crippen molar-refractivity contribution in [3.05, 3.63) is 62.9 Å². The minimum atomic E-state index is -2.74. The molecule has 4 amide bonds. The lowest BCUT2D eigenvalue weighted by Gasteiger charge is -2.50. The number of allylic oxidation sites excluding steroid dienone is 2. The van der Waals surface area contributed by atoms with Crippen molar-refractivity contribution in [2.24, 2.45) is 17.8 Å². The third-order valence-electron chi connectivity index (χ3n) is 10.2. The van der Waals surface area contributed by atoms with Crippen LogP contribution >= 0.6 is 39.1 Å². The number of methoxy groups -OCH3 is 1. The number of rotatable bonds is 9. The number of benzene rings is 2. The molecule has 272 valence electrons. The number of anilines is 1. The Balaban J connectivity index is 1.50. The molecule has 2 aromatic rings. The van der Waals surface area contributed by atoms with Crippen LogP contribution in [-0.4, -0.2) is 68.1 Å². The number of likely N-dealkylation sites (tertiary alicyclic amines) is 1. The molecule has 6 unspecified atom stereocenters. The van der Waals surface area contributed by atoms with Crippen LogP contribution in [0.15, 0.2) is 28.3 Å². The molecule has 10 nitrogen and oxygen atoms in total. The van der Waals surface area contributed by atoms with Gasteiger partial charge < -0.3 is 14.9 Å². The van der Waals surface area contributed by atoms with E-state index in [2.05, 4.69) is 15.9 Å². The Morgan fingerprint density at radius 2 is 1.57 bits per heavy atom. The van der Waals surface area contributed by atoms with Crippen molar-refractivity contribution in [1.29, 1.82) is 0 Å². The van der Waals surface area contributed by atoms with Crippen LogP contribution in [-0.2, 0) is 24.0 Å². The molecular formula is C33H26BrCl2F5N2O8. The van der Waals surface area contributed by atoms with Gasteiger partial charge in [0.1, 0.15) is 5.69 Å². The number of phenols is 1. The van der Waals surface area contributed by atoms with E-state index >= 15 is 8.78 Å². The van der Waals surface area contributed by atoms with E-state index < -0.39 is 104 Å². The second-order valence-electron chi connectivity index (χ2n) is 12.8. The number of ether oxygens (including phenoxy) is 1. The fourth-order valence-electron chi connectivity index (χ4n) is 7.87. The average Bonchev–Trinajstić information content (AvgIpc) is 3.41. The quantitative estimate of drug-likeness (QED) is 0.0591. The summed E-state index contributed by atoms with van der Waals surface area (Å²) in [5, 5.41) is 19.4. The highest BCUT2D eigenvalue weighted by molar-refractivity contribution is 9.10. The lowest BCUT2D eigenvalue weighted by Crippen LogP contribution is -2.60. The second-order valence-corrected chi connectivity index (χ2v) is 14.9. The molecule has 2 aromatic carbocycles. The number of carbonyl (C=O) groups excluding carboxylic acids is 4. The Bertz CT molecular complexity index is 1940. The molecule has 51 heavy (non-hydrogen) atoms. The van der Waals surface area contributed by atoms with Gasteiger partial charge in [0.05, 0.1) is 23.4 Å². The zero-order valence-corrected chi connectivity index (χ0v) is 29.4. The molecule has 2 N–H and O–H groups in total. The monoisotopic (exact) mass is 822 g/mol. The summed E-state index contributed by atoms with van der Waals surface area (Å²) in [4.78, 5) is 62.4. The molecule has 2 saturated heterocycles. The Kier molecular flexibility index (Phi) is 9.45. The first-order valence-corrected chi connectivity index (χ1v) is 17.1. The maximum Gasteiger partial charge on any atom is 0.303 e. The lowest BCUT2D eigenvalue weighted by molar-refractivity contribution is -0.141. The van der Waals surface area contributed by atoms with Gasteiger partial charge in [0.2, 0.25) is 17.6 Å². The van der Waals surface area contributed by atoms with Crippen molar-refractivity contribution < 1.29 is 60.9 Å². The number of amides is 4. The highest BCUT2D eigenvalue weighted by Gasteiger charge is 2.77. The van der Waals surface area contributed by atoms with E-state index in [1.165, 1.54) is 19.2 Å². The number of aliphatic carboxylic acids is 1. The minimum absolute atomic E-state index is 0.00304. The summed E-state index contributed by atoms with van der Waals surface area (Å²) in [6.45, 7) is -0.0330. The van der Waals surface area contributed by atoms with Crippen LogP contribution in [0.5, 0.6) is 11.5 Å². The Labute approximate surface area is 304 Å². The number of nitrogens with zero attached hydrogens (tertiary/aromatic N) is 2. The SMILES string of the molecule is COc1cc(C2C3=CCC4C(=O)N(CCCCCC(=O)O)C(=O)C4C3CC3(Cl)C(=O)N(c4c(F)c(F)c(F)c(F)c4F)C(=O)C23Cl)cc(Br)c1O. The van der Waals surface area contributed by atoms with Gasteiger partial charge in [-0.05, 0) is 65.2 Å². The van der Waals surface area contributed by atoms with Gasteiger partial charge in [0, 0.05) is 18.9 Å². The van der Waals surface area contributed by atoms with Crippen molar-refractivity contribution >= 4 is 74.4 Å². The largest absolute Gasteiger partial charge is 0.503 e. The number of hydrogen-bond acceptors (Lipinski definition) is 7. The number of carboxylic acids is 1. The molecule has 1 saturated carbocycles. The van der Waals surface area contributed by atoms with Gasteiger partial charge in [-0.25, -0.2) is 26.9 Å². The number of carbonyl (C=O) groups is 5. The van der Waals surface area contributed by atoms with E-state index in [0.717, 1.165) is 4.90 Å². The summed E-state index contributed by atoms with van der Waals surface area (Å²) in [6.07, 6.45) is 1.74. The van der Waals surface area contributed by atoms with Crippen molar-refractivity contribution in [3.8, 4) is 11.5 Å². The number of fused-ring (bicyclic) bond motifs is 4. The normalized spacial score (nSPS) is 28.5. The fourth-order valence-corrected chi connectivity index (χ4v) is 9.26. The zero-order chi connectivity index (χ0) is 37.5. The van der Waals surface area contributed by atoms with Gasteiger partial charge in [0.15, 0.2) is 44.5 Å². The Morgan fingerprint density at radius 3 is 2.18 bits per heavy atom. The Morgan fingerprint density at radius 1 is 0.941 bits per heavy atom. The van der Waals surface area contributed by atoms with Gasteiger partial charge >= 0.3 is 5.97 Å². The number of unbranched alkanes of at least 4 members (excludes halogenated alkanes) is 2. The molecule has 3 fully saturated rings. The molecule has 0 spiro atoms. The molecule has 2 heterocycles. The lowest BCUT2D eigenvalue weighted by atomic mass is 9.56. The zero-order valence-electron chi connectivity index (χ0n) is 26.3. The van der Waals surface area contributed by atoms with E-state index in [0.29, 0.717) is 19.3 Å². The number of carboxylic acid groups (broad SMARTS) is 1. The topological polar surface area (TPSA) is 142 Å². The van der Waals surface area contributed by atoms with Crippen LogP contribution < -0.4 is 9.64 Å². The van der Waals surface area contributed by atoms with Gasteiger partial charge in [0.25, 0.3) is 11.8 Å². The summed E-state index contributed by atoms with van der Waals surface area (Å²) in [7, 11) is 1.20.